The van der Waals surface area contributed by atoms with Gasteiger partial charge in [-0.15, -0.1) is 0 Å². The molecule has 2 aliphatic heterocycles. The highest BCUT2D eigenvalue weighted by molar-refractivity contribution is 9.08. The highest BCUT2D eigenvalue weighted by atomic mass is 79.9. The van der Waals surface area contributed by atoms with Gasteiger partial charge in [-0.2, -0.15) is 11.8 Å². The molecule has 1 aromatic rings. The molecular weight excluding hydrogens is 336 g/mol. The van der Waals surface area contributed by atoms with E-state index >= 15 is 0 Å². The van der Waals surface area contributed by atoms with Crippen molar-refractivity contribution in [3.63, 3.8) is 0 Å². The Labute approximate surface area is 133 Å². The van der Waals surface area contributed by atoms with E-state index < -0.39 is 0 Å². The predicted molar refractivity (Wildman–Crippen MR) is 88.1 cm³/mol. The molecule has 0 aliphatic carbocycles. The van der Waals surface area contributed by atoms with Crippen LogP contribution >= 0.6 is 27.7 Å². The number of alkyl halides is 1. The van der Waals surface area contributed by atoms with Crippen LogP contribution in [-0.2, 0) is 10.1 Å². The van der Waals surface area contributed by atoms with Gasteiger partial charge in [-0.3, -0.25) is 0 Å². The Kier molecular flexibility index (Phi) is 4.63. The van der Waals surface area contributed by atoms with E-state index in [-0.39, 0.29) is 5.60 Å². The summed E-state index contributed by atoms with van der Waals surface area (Å²) >= 11 is 5.57. The fraction of sp³-hybridized carbons (Fsp3) is 0.625. The smallest absolute Gasteiger partial charge is 0.123 e. The molecule has 20 heavy (non-hydrogen) atoms. The molecule has 0 N–H and O–H groups in total. The van der Waals surface area contributed by atoms with E-state index in [4.69, 9.17) is 9.47 Å². The molecule has 0 bridgehead atoms. The first-order valence-corrected chi connectivity index (χ1v) is 9.52. The second kappa shape index (κ2) is 6.29. The summed E-state index contributed by atoms with van der Waals surface area (Å²) in [5, 5.41) is 0.841. The average Bonchev–Trinajstić information content (AvgIpc) is 2.89. The van der Waals surface area contributed by atoms with E-state index in [9.17, 15) is 0 Å². The fourth-order valence-electron chi connectivity index (χ4n) is 3.05. The van der Waals surface area contributed by atoms with Crippen molar-refractivity contribution in [1.29, 1.82) is 0 Å². The number of ether oxygens (including phenoxy) is 2. The Hall–Kier alpha value is -0.190. The molecule has 3 rings (SSSR count). The first-order valence-electron chi connectivity index (χ1n) is 7.25. The van der Waals surface area contributed by atoms with Crippen LogP contribution in [0.1, 0.15) is 30.4 Å². The van der Waals surface area contributed by atoms with E-state index in [1.54, 1.807) is 0 Å². The lowest BCUT2D eigenvalue weighted by atomic mass is 9.91. The van der Waals surface area contributed by atoms with Crippen molar-refractivity contribution >= 4 is 27.7 Å². The van der Waals surface area contributed by atoms with Gasteiger partial charge in [0.25, 0.3) is 0 Å². The second-order valence-corrected chi connectivity index (χ2v) is 7.48. The predicted octanol–water partition coefficient (Wildman–Crippen LogP) is 4.32. The van der Waals surface area contributed by atoms with Gasteiger partial charge in [0.05, 0.1) is 12.2 Å². The summed E-state index contributed by atoms with van der Waals surface area (Å²) in [5.74, 6) is 3.39. The van der Waals surface area contributed by atoms with E-state index in [0.29, 0.717) is 6.10 Å². The van der Waals surface area contributed by atoms with E-state index in [1.165, 1.54) is 23.3 Å². The highest BCUT2D eigenvalue weighted by Gasteiger charge is 2.41. The van der Waals surface area contributed by atoms with Crippen LogP contribution in [-0.4, -0.2) is 29.8 Å². The molecule has 4 heteroatoms. The van der Waals surface area contributed by atoms with Crippen molar-refractivity contribution in [1.82, 2.24) is 0 Å². The maximum atomic E-state index is 6.30. The average molecular weight is 357 g/mol. The monoisotopic (exact) mass is 356 g/mol. The molecule has 2 atom stereocenters. The summed E-state index contributed by atoms with van der Waals surface area (Å²) in [6.45, 7) is 2.95. The summed E-state index contributed by atoms with van der Waals surface area (Å²) in [4.78, 5) is 0. The van der Waals surface area contributed by atoms with Gasteiger partial charge in [0.1, 0.15) is 11.9 Å². The van der Waals surface area contributed by atoms with Crippen LogP contribution in [0.5, 0.6) is 5.75 Å². The fourth-order valence-corrected chi connectivity index (χ4v) is 4.87. The lowest BCUT2D eigenvalue weighted by Gasteiger charge is -2.37. The van der Waals surface area contributed by atoms with Crippen molar-refractivity contribution in [3.05, 3.63) is 29.3 Å². The van der Waals surface area contributed by atoms with Crippen LogP contribution in [0.4, 0.5) is 0 Å². The topological polar surface area (TPSA) is 18.5 Å². The molecule has 2 fully saturated rings. The number of benzene rings is 1. The Morgan fingerprint density at radius 1 is 1.50 bits per heavy atom. The molecule has 0 saturated carbocycles. The van der Waals surface area contributed by atoms with Gasteiger partial charge in [-0.1, -0.05) is 33.6 Å². The number of aryl methyl sites for hydroxylation is 1. The second-order valence-electron chi connectivity index (χ2n) is 5.81. The molecule has 0 amide bonds. The summed E-state index contributed by atoms with van der Waals surface area (Å²) in [6, 6.07) is 6.43. The molecule has 1 aromatic carbocycles. The van der Waals surface area contributed by atoms with E-state index in [0.717, 1.165) is 36.3 Å². The molecule has 0 aromatic heterocycles. The summed E-state index contributed by atoms with van der Waals surface area (Å²) in [5.41, 5.74) is 2.61. The summed E-state index contributed by atoms with van der Waals surface area (Å²) in [7, 11) is 0. The largest absolute Gasteiger partial charge is 0.490 e. The van der Waals surface area contributed by atoms with Gasteiger partial charge < -0.3 is 9.47 Å². The third-order valence-electron chi connectivity index (χ3n) is 4.17. The number of halogens is 1. The van der Waals surface area contributed by atoms with Gasteiger partial charge in [-0.05, 0) is 25.2 Å². The minimum absolute atomic E-state index is 0.0901. The van der Waals surface area contributed by atoms with Crippen molar-refractivity contribution in [2.24, 2.45) is 0 Å². The van der Waals surface area contributed by atoms with Crippen molar-refractivity contribution in [2.75, 3.05) is 18.1 Å². The third kappa shape index (κ3) is 3.18. The van der Waals surface area contributed by atoms with Crippen LogP contribution < -0.4 is 4.74 Å². The standard InChI is InChI=1S/C16H21BrO2S/c1-12-2-3-15(13(8-12)10-17)19-14-4-6-18-16(9-14)5-7-20-11-16/h2-3,8,14H,4-7,9-11H2,1H3. The molecule has 2 aliphatic rings. The molecule has 2 saturated heterocycles. The zero-order valence-corrected chi connectivity index (χ0v) is 14.3. The van der Waals surface area contributed by atoms with E-state index in [2.05, 4.69) is 41.1 Å². The molecule has 1 spiro atoms. The maximum Gasteiger partial charge on any atom is 0.123 e. The minimum atomic E-state index is 0.0901. The molecular formula is C16H21BrO2S. The van der Waals surface area contributed by atoms with Gasteiger partial charge in [-0.25, -0.2) is 0 Å². The zero-order valence-electron chi connectivity index (χ0n) is 11.9. The zero-order chi connectivity index (χ0) is 14.0. The third-order valence-corrected chi connectivity index (χ3v) is 6.00. The first-order chi connectivity index (χ1) is 9.71. The Morgan fingerprint density at radius 3 is 3.15 bits per heavy atom. The van der Waals surface area contributed by atoms with Crippen LogP contribution in [0.15, 0.2) is 18.2 Å². The number of rotatable bonds is 3. The van der Waals surface area contributed by atoms with Gasteiger partial charge in [0.2, 0.25) is 0 Å². The van der Waals surface area contributed by atoms with Crippen LogP contribution in [0, 0.1) is 6.92 Å². The Balaban J connectivity index is 1.71. The van der Waals surface area contributed by atoms with Gasteiger partial charge in [0, 0.05) is 29.5 Å². The number of hydrogen-bond acceptors (Lipinski definition) is 3. The highest BCUT2D eigenvalue weighted by Crippen LogP contribution is 2.39. The number of hydrogen-bond donors (Lipinski definition) is 0. The van der Waals surface area contributed by atoms with Crippen LogP contribution in [0.2, 0.25) is 0 Å². The molecule has 0 radical (unpaired) electrons. The Bertz CT molecular complexity index is 472. The Morgan fingerprint density at radius 2 is 2.40 bits per heavy atom. The van der Waals surface area contributed by atoms with Crippen molar-refractivity contribution < 1.29 is 9.47 Å². The lowest BCUT2D eigenvalue weighted by molar-refractivity contribution is -0.0960. The van der Waals surface area contributed by atoms with Gasteiger partial charge in [0.15, 0.2) is 0 Å². The summed E-state index contributed by atoms with van der Waals surface area (Å²) in [6.07, 6.45) is 3.51. The van der Waals surface area contributed by atoms with Crippen molar-refractivity contribution in [2.45, 2.75) is 43.2 Å². The summed E-state index contributed by atoms with van der Waals surface area (Å²) < 4.78 is 12.4. The van der Waals surface area contributed by atoms with Crippen molar-refractivity contribution in [3.8, 4) is 5.75 Å². The lowest BCUT2D eigenvalue weighted by Crippen LogP contribution is -2.43. The van der Waals surface area contributed by atoms with Crippen LogP contribution in [0.25, 0.3) is 0 Å². The molecule has 2 unspecified atom stereocenters. The molecule has 110 valence electrons. The minimum Gasteiger partial charge on any atom is -0.490 e. The van der Waals surface area contributed by atoms with E-state index in [1.807, 2.05) is 11.8 Å². The quantitative estimate of drug-likeness (QED) is 0.751. The number of thioether (sulfide) groups is 1. The maximum absolute atomic E-state index is 6.30. The SMILES string of the molecule is Cc1ccc(OC2CCOC3(CCSC3)C2)c(CBr)c1. The van der Waals surface area contributed by atoms with Crippen LogP contribution in [0.3, 0.4) is 0 Å². The normalized spacial score (nSPS) is 29.8. The molecule has 2 heterocycles. The van der Waals surface area contributed by atoms with Gasteiger partial charge >= 0.3 is 0 Å². The first kappa shape index (κ1) is 14.7. The molecule has 2 nitrogen and oxygen atoms in total.